The first-order chi connectivity index (χ1) is 15.2. The molecule has 3 aromatic carbocycles. The maximum atomic E-state index is 12.2. The Kier molecular flexibility index (Phi) is 6.28. The highest BCUT2D eigenvalue weighted by Gasteiger charge is 2.12. The zero-order valence-corrected chi connectivity index (χ0v) is 16.8. The molecule has 1 heterocycles. The number of aromatic nitrogens is 2. The van der Waals surface area contributed by atoms with Crippen molar-refractivity contribution in [1.29, 1.82) is 0 Å². The molecule has 4 aromatic rings. The highest BCUT2D eigenvalue weighted by atomic mass is 16.7. The normalized spacial score (nSPS) is 11.4. The summed E-state index contributed by atoms with van der Waals surface area (Å²) in [6, 6.07) is 22.9. The standard InChI is InChI=1S/C25H21N3O3/c29-24(20-7-2-1-3-8-20)12-13-25(30)31-27-23(17-28-15-14-26-18-28)22-11-10-19-6-4-5-9-21(19)16-22/h1-11,14-16,18H,12-13,17H2/b27-23+. The molecule has 0 saturated heterocycles. The molecule has 0 N–H and O–H groups in total. The Balaban J connectivity index is 1.48. The first-order valence-electron chi connectivity index (χ1n) is 9.99. The van der Waals surface area contributed by atoms with E-state index in [1.54, 1.807) is 36.8 Å². The minimum absolute atomic E-state index is 0.0344. The van der Waals surface area contributed by atoms with E-state index in [0.29, 0.717) is 17.8 Å². The Bertz CT molecular complexity index is 1220. The second-order valence-electron chi connectivity index (χ2n) is 7.09. The fraction of sp³-hybridized carbons (Fsp3) is 0.120. The largest absolute Gasteiger partial charge is 0.335 e. The van der Waals surface area contributed by atoms with Crippen molar-refractivity contribution in [3.63, 3.8) is 0 Å². The lowest BCUT2D eigenvalue weighted by molar-refractivity contribution is -0.143. The van der Waals surface area contributed by atoms with Crippen molar-refractivity contribution in [2.75, 3.05) is 0 Å². The van der Waals surface area contributed by atoms with Gasteiger partial charge in [0, 0.05) is 29.9 Å². The van der Waals surface area contributed by atoms with Crippen LogP contribution < -0.4 is 0 Å². The van der Waals surface area contributed by atoms with Gasteiger partial charge < -0.3 is 9.40 Å². The number of benzene rings is 3. The van der Waals surface area contributed by atoms with Crippen molar-refractivity contribution < 1.29 is 14.4 Å². The van der Waals surface area contributed by atoms with Gasteiger partial charge in [-0.3, -0.25) is 4.79 Å². The Morgan fingerprint density at radius 3 is 2.42 bits per heavy atom. The lowest BCUT2D eigenvalue weighted by atomic mass is 10.0. The van der Waals surface area contributed by atoms with Gasteiger partial charge in [0.25, 0.3) is 0 Å². The monoisotopic (exact) mass is 411 g/mol. The van der Waals surface area contributed by atoms with Crippen molar-refractivity contribution in [2.24, 2.45) is 5.16 Å². The Hall–Kier alpha value is -4.06. The van der Waals surface area contributed by atoms with Gasteiger partial charge in [0.2, 0.25) is 0 Å². The minimum Gasteiger partial charge on any atom is -0.331 e. The average Bonchev–Trinajstić information content (AvgIpc) is 3.33. The number of imidazole rings is 1. The van der Waals surface area contributed by atoms with Gasteiger partial charge in [-0.15, -0.1) is 0 Å². The number of hydrogen-bond donors (Lipinski definition) is 0. The van der Waals surface area contributed by atoms with E-state index < -0.39 is 5.97 Å². The maximum absolute atomic E-state index is 12.2. The second-order valence-corrected chi connectivity index (χ2v) is 7.09. The molecule has 6 nitrogen and oxygen atoms in total. The van der Waals surface area contributed by atoms with Gasteiger partial charge in [-0.25, -0.2) is 9.78 Å². The Morgan fingerprint density at radius 2 is 1.65 bits per heavy atom. The Labute approximate surface area is 179 Å². The summed E-state index contributed by atoms with van der Waals surface area (Å²) in [5.74, 6) is -0.650. The third-order valence-electron chi connectivity index (χ3n) is 4.88. The zero-order chi connectivity index (χ0) is 21.5. The summed E-state index contributed by atoms with van der Waals surface area (Å²) in [5, 5.41) is 6.32. The maximum Gasteiger partial charge on any atom is 0.335 e. The lowest BCUT2D eigenvalue weighted by Crippen LogP contribution is -2.13. The number of rotatable bonds is 8. The van der Waals surface area contributed by atoms with E-state index in [9.17, 15) is 9.59 Å². The smallest absolute Gasteiger partial charge is 0.331 e. The first kappa shape index (κ1) is 20.2. The van der Waals surface area contributed by atoms with Crippen LogP contribution in [0.2, 0.25) is 0 Å². The van der Waals surface area contributed by atoms with Crippen molar-refractivity contribution in [1.82, 2.24) is 9.55 Å². The van der Waals surface area contributed by atoms with Crippen LogP contribution in [0.5, 0.6) is 0 Å². The van der Waals surface area contributed by atoms with E-state index in [0.717, 1.165) is 16.3 Å². The SMILES string of the molecule is O=C(CCC(=O)c1ccccc1)O/N=C(\Cn1ccnc1)c1ccc2ccccc2c1. The molecule has 31 heavy (non-hydrogen) atoms. The predicted octanol–water partition coefficient (Wildman–Crippen LogP) is 4.65. The van der Waals surface area contributed by atoms with Crippen molar-refractivity contribution in [3.8, 4) is 0 Å². The highest BCUT2D eigenvalue weighted by Crippen LogP contribution is 2.17. The summed E-state index contributed by atoms with van der Waals surface area (Å²) < 4.78 is 1.85. The molecule has 0 fully saturated rings. The van der Waals surface area contributed by atoms with E-state index in [4.69, 9.17) is 4.84 Å². The first-order valence-corrected chi connectivity index (χ1v) is 9.99. The van der Waals surface area contributed by atoms with Gasteiger partial charge in [-0.2, -0.15) is 0 Å². The summed E-state index contributed by atoms with van der Waals surface area (Å²) >= 11 is 0. The summed E-state index contributed by atoms with van der Waals surface area (Å²) in [4.78, 5) is 33.6. The van der Waals surface area contributed by atoms with Gasteiger partial charge in [-0.05, 0) is 16.8 Å². The van der Waals surface area contributed by atoms with Crippen LogP contribution in [0, 0.1) is 0 Å². The molecule has 0 radical (unpaired) electrons. The number of ketones is 1. The molecule has 0 aliphatic heterocycles. The zero-order valence-electron chi connectivity index (χ0n) is 16.8. The molecule has 0 spiro atoms. The van der Waals surface area contributed by atoms with Crippen LogP contribution in [0.15, 0.2) is 96.7 Å². The Morgan fingerprint density at radius 1 is 0.871 bits per heavy atom. The van der Waals surface area contributed by atoms with E-state index in [2.05, 4.69) is 10.1 Å². The number of oxime groups is 1. The van der Waals surface area contributed by atoms with Crippen LogP contribution in [-0.2, 0) is 16.2 Å². The van der Waals surface area contributed by atoms with E-state index >= 15 is 0 Å². The highest BCUT2D eigenvalue weighted by molar-refractivity contribution is 6.03. The second kappa shape index (κ2) is 9.63. The molecule has 0 amide bonds. The quantitative estimate of drug-likeness (QED) is 0.183. The molecule has 4 rings (SSSR count). The van der Waals surface area contributed by atoms with Crippen LogP contribution in [0.1, 0.15) is 28.8 Å². The third-order valence-corrected chi connectivity index (χ3v) is 4.88. The van der Waals surface area contributed by atoms with Gasteiger partial charge in [0.15, 0.2) is 5.78 Å². The van der Waals surface area contributed by atoms with Crippen LogP contribution >= 0.6 is 0 Å². The molecule has 0 aliphatic carbocycles. The molecular weight excluding hydrogens is 390 g/mol. The molecule has 154 valence electrons. The van der Waals surface area contributed by atoms with Crippen molar-refractivity contribution in [3.05, 3.63) is 103 Å². The fourth-order valence-corrected chi connectivity index (χ4v) is 3.23. The predicted molar refractivity (Wildman–Crippen MR) is 119 cm³/mol. The van der Waals surface area contributed by atoms with Gasteiger partial charge >= 0.3 is 5.97 Å². The molecular formula is C25H21N3O3. The van der Waals surface area contributed by atoms with Gasteiger partial charge in [0.05, 0.1) is 19.3 Å². The average molecular weight is 411 g/mol. The van der Waals surface area contributed by atoms with Crippen LogP contribution in [0.4, 0.5) is 0 Å². The molecule has 0 aliphatic rings. The summed E-state index contributed by atoms with van der Waals surface area (Å²) in [6.07, 6.45) is 5.21. The molecule has 6 heteroatoms. The summed E-state index contributed by atoms with van der Waals surface area (Å²) in [5.41, 5.74) is 2.02. The van der Waals surface area contributed by atoms with Gasteiger partial charge in [-0.1, -0.05) is 71.9 Å². The number of nitrogens with zero attached hydrogens (tertiary/aromatic N) is 3. The van der Waals surface area contributed by atoms with Crippen LogP contribution in [-0.4, -0.2) is 27.0 Å². The molecule has 0 atom stereocenters. The van der Waals surface area contributed by atoms with Crippen molar-refractivity contribution >= 4 is 28.2 Å². The van der Waals surface area contributed by atoms with Gasteiger partial charge in [0.1, 0.15) is 5.71 Å². The summed E-state index contributed by atoms with van der Waals surface area (Å²) in [7, 11) is 0. The third kappa shape index (κ3) is 5.30. The fourth-order valence-electron chi connectivity index (χ4n) is 3.23. The number of carbonyl (C=O) groups is 2. The van der Waals surface area contributed by atoms with E-state index in [1.807, 2.05) is 59.3 Å². The molecule has 1 aromatic heterocycles. The van der Waals surface area contributed by atoms with E-state index in [-0.39, 0.29) is 18.6 Å². The van der Waals surface area contributed by atoms with Crippen LogP contribution in [0.3, 0.4) is 0 Å². The molecule has 0 bridgehead atoms. The summed E-state index contributed by atoms with van der Waals surface area (Å²) in [6.45, 7) is 0.397. The topological polar surface area (TPSA) is 73.6 Å². The van der Waals surface area contributed by atoms with E-state index in [1.165, 1.54) is 0 Å². The number of Topliss-reactive ketones (excluding diaryl/α,β-unsaturated/α-hetero) is 1. The lowest BCUT2D eigenvalue weighted by Gasteiger charge is -2.09. The molecule has 0 unspecified atom stereocenters. The number of hydrogen-bond acceptors (Lipinski definition) is 5. The number of fused-ring (bicyclic) bond motifs is 1. The van der Waals surface area contributed by atoms with Crippen LogP contribution in [0.25, 0.3) is 10.8 Å². The number of carbonyl (C=O) groups excluding carboxylic acids is 2. The minimum atomic E-state index is -0.548. The molecule has 0 saturated carbocycles. The van der Waals surface area contributed by atoms with Crippen molar-refractivity contribution in [2.45, 2.75) is 19.4 Å².